The van der Waals surface area contributed by atoms with Crippen LogP contribution in [0.2, 0.25) is 5.15 Å². The van der Waals surface area contributed by atoms with Crippen LogP contribution in [0.25, 0.3) is 0 Å². The van der Waals surface area contributed by atoms with Crippen LogP contribution in [-0.4, -0.2) is 26.4 Å². The summed E-state index contributed by atoms with van der Waals surface area (Å²) in [6.45, 7) is 2.74. The van der Waals surface area contributed by atoms with E-state index < -0.39 is 0 Å². The van der Waals surface area contributed by atoms with Gasteiger partial charge in [-0.15, -0.1) is 0 Å². The zero-order chi connectivity index (χ0) is 16.4. The highest BCUT2D eigenvalue weighted by molar-refractivity contribution is 6.30. The van der Waals surface area contributed by atoms with Crippen LogP contribution in [0, 0.1) is 0 Å². The summed E-state index contributed by atoms with van der Waals surface area (Å²) in [5.74, 6) is 1.66. The second-order valence-electron chi connectivity index (χ2n) is 6.95. The minimum absolute atomic E-state index is 0.580. The maximum atomic E-state index is 6.19. The maximum absolute atomic E-state index is 6.19. The molecule has 0 N–H and O–H groups in total. The molecule has 0 spiro atoms. The lowest BCUT2D eigenvalue weighted by atomic mass is 9.88. The smallest absolute Gasteiger partial charge is 0.133 e. The Bertz CT molecular complexity index is 712. The van der Waals surface area contributed by atoms with Crippen LogP contribution >= 0.6 is 11.6 Å². The molecule has 2 aliphatic rings. The van der Waals surface area contributed by atoms with Gasteiger partial charge in [-0.2, -0.15) is 0 Å². The molecule has 0 atom stereocenters. The summed E-state index contributed by atoms with van der Waals surface area (Å²) in [5, 5.41) is 0.604. The quantitative estimate of drug-likeness (QED) is 0.786. The Morgan fingerprint density at radius 1 is 1.17 bits per heavy atom. The zero-order valence-corrected chi connectivity index (χ0v) is 14.7. The van der Waals surface area contributed by atoms with Crippen molar-refractivity contribution in [2.24, 2.45) is 0 Å². The van der Waals surface area contributed by atoms with Crippen LogP contribution < -0.4 is 0 Å². The predicted molar refractivity (Wildman–Crippen MR) is 94.9 cm³/mol. The van der Waals surface area contributed by atoms with E-state index in [4.69, 9.17) is 21.6 Å². The van der Waals surface area contributed by atoms with Crippen molar-refractivity contribution < 1.29 is 0 Å². The monoisotopic (exact) mass is 342 g/mol. The van der Waals surface area contributed by atoms with Crippen LogP contribution in [0.5, 0.6) is 0 Å². The lowest BCUT2D eigenvalue weighted by molar-refractivity contribution is 0.242. The van der Waals surface area contributed by atoms with E-state index in [0.717, 1.165) is 37.4 Å². The minimum atomic E-state index is 0.580. The minimum Gasteiger partial charge on any atom is -0.294 e. The normalized spacial score (nSPS) is 19.2. The number of hydrogen-bond donors (Lipinski definition) is 0. The van der Waals surface area contributed by atoms with Crippen LogP contribution in [0.15, 0.2) is 24.5 Å². The van der Waals surface area contributed by atoms with E-state index in [1.165, 1.54) is 43.4 Å². The molecule has 0 saturated heterocycles. The first kappa shape index (κ1) is 16.0. The number of aromatic nitrogens is 3. The van der Waals surface area contributed by atoms with Gasteiger partial charge in [-0.25, -0.2) is 15.0 Å². The van der Waals surface area contributed by atoms with E-state index >= 15 is 0 Å². The van der Waals surface area contributed by atoms with Gasteiger partial charge in [0.05, 0.1) is 0 Å². The van der Waals surface area contributed by atoms with Gasteiger partial charge in [0.2, 0.25) is 0 Å². The molecule has 0 bridgehead atoms. The number of halogens is 1. The highest BCUT2D eigenvalue weighted by atomic mass is 35.5. The van der Waals surface area contributed by atoms with Crippen molar-refractivity contribution in [3.63, 3.8) is 0 Å². The van der Waals surface area contributed by atoms with Gasteiger partial charge < -0.3 is 0 Å². The van der Waals surface area contributed by atoms with Gasteiger partial charge in [-0.05, 0) is 18.9 Å². The third-order valence-electron chi connectivity index (χ3n) is 5.23. The Kier molecular flexibility index (Phi) is 4.76. The lowest BCUT2D eigenvalue weighted by Crippen LogP contribution is -2.31. The number of pyridine rings is 1. The summed E-state index contributed by atoms with van der Waals surface area (Å²) in [7, 11) is 0. The molecule has 0 unspecified atom stereocenters. The molecule has 0 amide bonds. The van der Waals surface area contributed by atoms with E-state index in [2.05, 4.69) is 16.1 Å². The number of hydrogen-bond acceptors (Lipinski definition) is 4. The van der Waals surface area contributed by atoms with E-state index in [1.54, 1.807) is 6.20 Å². The van der Waals surface area contributed by atoms with Crippen molar-refractivity contribution in [1.82, 2.24) is 19.9 Å². The first-order valence-electron chi connectivity index (χ1n) is 8.96. The molecule has 3 heterocycles. The molecule has 0 aromatic carbocycles. The van der Waals surface area contributed by atoms with Gasteiger partial charge in [-0.1, -0.05) is 36.9 Å². The molecule has 5 heteroatoms. The van der Waals surface area contributed by atoms with Crippen molar-refractivity contribution in [3.8, 4) is 0 Å². The van der Waals surface area contributed by atoms with E-state index in [0.29, 0.717) is 11.1 Å². The van der Waals surface area contributed by atoms with Gasteiger partial charge in [0.1, 0.15) is 11.0 Å². The van der Waals surface area contributed by atoms with Crippen LogP contribution in [0.3, 0.4) is 0 Å². The van der Waals surface area contributed by atoms with Crippen LogP contribution in [-0.2, 0) is 19.5 Å². The van der Waals surface area contributed by atoms with Gasteiger partial charge in [0.25, 0.3) is 0 Å². The summed E-state index contributed by atoms with van der Waals surface area (Å²) in [6.07, 6.45) is 11.3. The fourth-order valence-corrected chi connectivity index (χ4v) is 4.04. The molecule has 1 aliphatic carbocycles. The Hall–Kier alpha value is -1.52. The van der Waals surface area contributed by atoms with Crippen molar-refractivity contribution in [2.45, 2.75) is 57.5 Å². The van der Waals surface area contributed by atoms with E-state index in [-0.39, 0.29) is 0 Å². The Balaban J connectivity index is 1.46. The highest BCUT2D eigenvalue weighted by Gasteiger charge is 2.23. The first-order chi connectivity index (χ1) is 11.8. The van der Waals surface area contributed by atoms with E-state index in [1.807, 2.05) is 12.1 Å². The molecule has 2 aromatic rings. The SMILES string of the molecule is Clc1ncccc1CN1CCc2nc(C3CCCCC3)ncc2C1. The molecular formula is C19H23ClN4. The Labute approximate surface area is 148 Å². The summed E-state index contributed by atoms with van der Waals surface area (Å²) in [6, 6.07) is 3.99. The summed E-state index contributed by atoms with van der Waals surface area (Å²) >= 11 is 6.19. The molecule has 1 aliphatic heterocycles. The third kappa shape index (κ3) is 3.45. The van der Waals surface area contributed by atoms with Gasteiger partial charge in [0, 0.05) is 61.2 Å². The maximum Gasteiger partial charge on any atom is 0.133 e. The van der Waals surface area contributed by atoms with Crippen LogP contribution in [0.4, 0.5) is 0 Å². The van der Waals surface area contributed by atoms with Crippen molar-refractivity contribution in [3.05, 3.63) is 52.3 Å². The Morgan fingerprint density at radius 2 is 2.04 bits per heavy atom. The zero-order valence-electron chi connectivity index (χ0n) is 13.9. The molecule has 24 heavy (non-hydrogen) atoms. The molecule has 0 radical (unpaired) electrons. The van der Waals surface area contributed by atoms with Gasteiger partial charge in [-0.3, -0.25) is 4.90 Å². The summed E-state index contributed by atoms with van der Waals surface area (Å²) in [4.78, 5) is 16.2. The highest BCUT2D eigenvalue weighted by Crippen LogP contribution is 2.31. The summed E-state index contributed by atoms with van der Waals surface area (Å²) < 4.78 is 0. The van der Waals surface area contributed by atoms with Crippen molar-refractivity contribution in [2.75, 3.05) is 6.54 Å². The Morgan fingerprint density at radius 3 is 2.88 bits per heavy atom. The fraction of sp³-hybridized carbons (Fsp3) is 0.526. The molecular weight excluding hydrogens is 320 g/mol. The largest absolute Gasteiger partial charge is 0.294 e. The van der Waals surface area contributed by atoms with Crippen molar-refractivity contribution >= 4 is 11.6 Å². The standard InChI is InChI=1S/C19H23ClN4/c20-18-15(7-4-9-21-18)12-24-10-8-17-16(13-24)11-22-19(23-17)14-5-2-1-3-6-14/h4,7,9,11,14H,1-3,5-6,8,10,12-13H2. The molecule has 4 nitrogen and oxygen atoms in total. The second-order valence-corrected chi connectivity index (χ2v) is 7.31. The average molecular weight is 343 g/mol. The molecule has 126 valence electrons. The topological polar surface area (TPSA) is 41.9 Å². The van der Waals surface area contributed by atoms with Crippen LogP contribution in [0.1, 0.15) is 60.7 Å². The average Bonchev–Trinajstić information content (AvgIpc) is 2.64. The molecule has 4 rings (SSSR count). The molecule has 1 fully saturated rings. The molecule has 2 aromatic heterocycles. The third-order valence-corrected chi connectivity index (χ3v) is 5.57. The first-order valence-corrected chi connectivity index (χ1v) is 9.34. The fourth-order valence-electron chi connectivity index (χ4n) is 3.86. The predicted octanol–water partition coefficient (Wildman–Crippen LogP) is 4.13. The number of nitrogens with zero attached hydrogens (tertiary/aromatic N) is 4. The number of rotatable bonds is 3. The molecule has 1 saturated carbocycles. The second kappa shape index (κ2) is 7.16. The lowest BCUT2D eigenvalue weighted by Gasteiger charge is -2.29. The summed E-state index contributed by atoms with van der Waals surface area (Å²) in [5.41, 5.74) is 3.60. The van der Waals surface area contributed by atoms with E-state index in [9.17, 15) is 0 Å². The van der Waals surface area contributed by atoms with Gasteiger partial charge in [0.15, 0.2) is 0 Å². The number of fused-ring (bicyclic) bond motifs is 1. The van der Waals surface area contributed by atoms with Crippen molar-refractivity contribution in [1.29, 1.82) is 0 Å². The van der Waals surface area contributed by atoms with Gasteiger partial charge >= 0.3 is 0 Å².